The predicted octanol–water partition coefficient (Wildman–Crippen LogP) is 3.31. The van der Waals surface area contributed by atoms with Gasteiger partial charge in [0.15, 0.2) is 0 Å². The Balaban J connectivity index is 2.84. The smallest absolute Gasteiger partial charge is 0.134 e. The number of aromatic nitrogens is 2. The van der Waals surface area contributed by atoms with E-state index in [1.807, 2.05) is 6.07 Å². The molecule has 1 aromatic rings. The van der Waals surface area contributed by atoms with Crippen molar-refractivity contribution in [3.05, 3.63) is 12.4 Å². The fourth-order valence-corrected chi connectivity index (χ4v) is 1.85. The van der Waals surface area contributed by atoms with Crippen LogP contribution in [0.1, 0.15) is 47.5 Å². The van der Waals surface area contributed by atoms with Gasteiger partial charge >= 0.3 is 0 Å². The Morgan fingerprint density at radius 2 is 1.72 bits per heavy atom. The molecule has 1 N–H and O–H groups in total. The van der Waals surface area contributed by atoms with Crippen molar-refractivity contribution >= 4 is 11.6 Å². The summed E-state index contributed by atoms with van der Waals surface area (Å²) in [7, 11) is 0. The Morgan fingerprint density at radius 1 is 1.11 bits per heavy atom. The van der Waals surface area contributed by atoms with E-state index in [1.165, 1.54) is 0 Å². The van der Waals surface area contributed by atoms with Crippen LogP contribution in [0, 0.1) is 0 Å². The van der Waals surface area contributed by atoms with Crippen LogP contribution >= 0.6 is 0 Å². The SMILES string of the molecule is CCCN(CCC)c1cc(NC(C)(C)C)ncn1. The average Bonchev–Trinajstić information content (AvgIpc) is 2.27. The predicted molar refractivity (Wildman–Crippen MR) is 78.2 cm³/mol. The number of hydrogen-bond acceptors (Lipinski definition) is 4. The van der Waals surface area contributed by atoms with Crippen LogP contribution in [0.15, 0.2) is 12.4 Å². The van der Waals surface area contributed by atoms with Crippen molar-refractivity contribution in [2.45, 2.75) is 53.0 Å². The van der Waals surface area contributed by atoms with Crippen molar-refractivity contribution in [2.24, 2.45) is 0 Å². The van der Waals surface area contributed by atoms with Gasteiger partial charge in [0, 0.05) is 24.7 Å². The Bertz CT molecular complexity index is 351. The van der Waals surface area contributed by atoms with Gasteiger partial charge in [0.1, 0.15) is 18.0 Å². The molecule has 0 radical (unpaired) electrons. The minimum atomic E-state index is 0.0198. The van der Waals surface area contributed by atoms with Gasteiger partial charge in [-0.2, -0.15) is 0 Å². The molecule has 102 valence electrons. The highest BCUT2D eigenvalue weighted by Crippen LogP contribution is 2.17. The van der Waals surface area contributed by atoms with E-state index >= 15 is 0 Å². The van der Waals surface area contributed by atoms with Crippen LogP contribution in [0.3, 0.4) is 0 Å². The first-order valence-electron chi connectivity index (χ1n) is 6.81. The number of anilines is 2. The summed E-state index contributed by atoms with van der Waals surface area (Å²) in [4.78, 5) is 11.0. The molecule has 1 heterocycles. The zero-order valence-electron chi connectivity index (χ0n) is 12.3. The number of nitrogens with zero attached hydrogens (tertiary/aromatic N) is 3. The topological polar surface area (TPSA) is 41.0 Å². The highest BCUT2D eigenvalue weighted by atomic mass is 15.2. The van der Waals surface area contributed by atoms with E-state index < -0.39 is 0 Å². The second kappa shape index (κ2) is 6.57. The maximum absolute atomic E-state index is 4.38. The molecule has 0 aliphatic carbocycles. The Morgan fingerprint density at radius 3 is 2.22 bits per heavy atom. The lowest BCUT2D eigenvalue weighted by Gasteiger charge is -2.25. The normalized spacial score (nSPS) is 11.4. The van der Waals surface area contributed by atoms with Gasteiger partial charge in [-0.25, -0.2) is 9.97 Å². The third-order valence-electron chi connectivity index (χ3n) is 2.47. The monoisotopic (exact) mass is 250 g/mol. The third-order valence-corrected chi connectivity index (χ3v) is 2.47. The Hall–Kier alpha value is -1.32. The van der Waals surface area contributed by atoms with E-state index in [2.05, 4.69) is 54.8 Å². The summed E-state index contributed by atoms with van der Waals surface area (Å²) in [5, 5.41) is 3.38. The number of rotatable bonds is 6. The van der Waals surface area contributed by atoms with Crippen LogP contribution < -0.4 is 10.2 Å². The molecular weight excluding hydrogens is 224 g/mol. The van der Waals surface area contributed by atoms with Crippen molar-refractivity contribution in [3.8, 4) is 0 Å². The standard InChI is InChI=1S/C14H26N4/c1-6-8-18(9-7-2)13-10-12(15-11-16-13)17-14(3,4)5/h10-11H,6-9H2,1-5H3,(H,15,16,17). The molecule has 0 aromatic carbocycles. The van der Waals surface area contributed by atoms with Gasteiger partial charge in [-0.3, -0.25) is 0 Å². The molecule has 0 amide bonds. The summed E-state index contributed by atoms with van der Waals surface area (Å²) >= 11 is 0. The van der Waals surface area contributed by atoms with Gasteiger partial charge in [0.2, 0.25) is 0 Å². The van der Waals surface area contributed by atoms with E-state index in [0.717, 1.165) is 37.6 Å². The van der Waals surface area contributed by atoms with Crippen LogP contribution in [0.2, 0.25) is 0 Å². The highest BCUT2D eigenvalue weighted by Gasteiger charge is 2.12. The lowest BCUT2D eigenvalue weighted by atomic mass is 10.1. The number of nitrogens with one attached hydrogen (secondary N) is 1. The van der Waals surface area contributed by atoms with Crippen LogP contribution in [0.4, 0.5) is 11.6 Å². The largest absolute Gasteiger partial charge is 0.365 e. The molecule has 0 saturated heterocycles. The summed E-state index contributed by atoms with van der Waals surface area (Å²) in [5.41, 5.74) is 0.0198. The third kappa shape index (κ3) is 4.90. The summed E-state index contributed by atoms with van der Waals surface area (Å²) in [6.07, 6.45) is 3.90. The lowest BCUT2D eigenvalue weighted by molar-refractivity contribution is 0.629. The molecule has 0 saturated carbocycles. The molecule has 0 atom stereocenters. The highest BCUT2D eigenvalue weighted by molar-refractivity contribution is 5.49. The molecule has 0 fully saturated rings. The molecule has 1 aromatic heterocycles. The zero-order valence-corrected chi connectivity index (χ0v) is 12.3. The molecule has 4 heteroatoms. The van der Waals surface area contributed by atoms with Crippen LogP contribution in [0.5, 0.6) is 0 Å². The van der Waals surface area contributed by atoms with Gasteiger partial charge in [-0.1, -0.05) is 13.8 Å². The van der Waals surface area contributed by atoms with E-state index in [1.54, 1.807) is 6.33 Å². The molecule has 0 bridgehead atoms. The molecule has 0 unspecified atom stereocenters. The lowest BCUT2D eigenvalue weighted by Crippen LogP contribution is -2.28. The van der Waals surface area contributed by atoms with Gasteiger partial charge in [-0.15, -0.1) is 0 Å². The summed E-state index contributed by atoms with van der Waals surface area (Å²) in [5.74, 6) is 1.91. The fourth-order valence-electron chi connectivity index (χ4n) is 1.85. The first-order valence-corrected chi connectivity index (χ1v) is 6.81. The summed E-state index contributed by atoms with van der Waals surface area (Å²) < 4.78 is 0. The minimum absolute atomic E-state index is 0.0198. The average molecular weight is 250 g/mol. The van der Waals surface area contributed by atoms with Gasteiger partial charge in [0.05, 0.1) is 0 Å². The molecular formula is C14H26N4. The molecule has 0 aliphatic heterocycles. The Labute approximate surface area is 111 Å². The molecule has 4 nitrogen and oxygen atoms in total. The van der Waals surface area contributed by atoms with Crippen molar-refractivity contribution in [2.75, 3.05) is 23.3 Å². The van der Waals surface area contributed by atoms with E-state index in [0.29, 0.717) is 0 Å². The molecule has 0 spiro atoms. The zero-order chi connectivity index (χ0) is 13.6. The molecule has 1 rings (SSSR count). The van der Waals surface area contributed by atoms with Gasteiger partial charge in [-0.05, 0) is 33.6 Å². The first kappa shape index (κ1) is 14.7. The second-order valence-corrected chi connectivity index (χ2v) is 5.62. The van der Waals surface area contributed by atoms with Crippen LogP contribution in [-0.4, -0.2) is 28.6 Å². The summed E-state index contributed by atoms with van der Waals surface area (Å²) in [6, 6.07) is 2.04. The van der Waals surface area contributed by atoms with E-state index in [4.69, 9.17) is 0 Å². The Kier molecular flexibility index (Phi) is 5.38. The first-order chi connectivity index (χ1) is 8.46. The van der Waals surface area contributed by atoms with Gasteiger partial charge < -0.3 is 10.2 Å². The van der Waals surface area contributed by atoms with Gasteiger partial charge in [0.25, 0.3) is 0 Å². The summed E-state index contributed by atoms with van der Waals surface area (Å²) in [6.45, 7) is 12.9. The van der Waals surface area contributed by atoms with Crippen molar-refractivity contribution < 1.29 is 0 Å². The van der Waals surface area contributed by atoms with E-state index in [9.17, 15) is 0 Å². The molecule has 18 heavy (non-hydrogen) atoms. The van der Waals surface area contributed by atoms with Crippen molar-refractivity contribution in [1.29, 1.82) is 0 Å². The van der Waals surface area contributed by atoms with Crippen LogP contribution in [-0.2, 0) is 0 Å². The van der Waals surface area contributed by atoms with Crippen molar-refractivity contribution in [1.82, 2.24) is 9.97 Å². The maximum Gasteiger partial charge on any atom is 0.134 e. The van der Waals surface area contributed by atoms with Crippen LogP contribution in [0.25, 0.3) is 0 Å². The fraction of sp³-hybridized carbons (Fsp3) is 0.714. The quantitative estimate of drug-likeness (QED) is 0.841. The minimum Gasteiger partial charge on any atom is -0.365 e. The molecule has 0 aliphatic rings. The number of hydrogen-bond donors (Lipinski definition) is 1. The maximum atomic E-state index is 4.38. The van der Waals surface area contributed by atoms with Crippen molar-refractivity contribution in [3.63, 3.8) is 0 Å². The van der Waals surface area contributed by atoms with E-state index in [-0.39, 0.29) is 5.54 Å². The second-order valence-electron chi connectivity index (χ2n) is 5.62.